The number of aliphatic hydroxyl groups is 1. The third-order valence-corrected chi connectivity index (χ3v) is 4.66. The van der Waals surface area contributed by atoms with Crippen LogP contribution in [-0.2, 0) is 4.79 Å². The predicted molar refractivity (Wildman–Crippen MR) is 93.1 cm³/mol. The summed E-state index contributed by atoms with van der Waals surface area (Å²) in [6.07, 6.45) is -0.632. The van der Waals surface area contributed by atoms with Crippen LogP contribution < -0.4 is 5.32 Å². The average molecular weight is 333 g/mol. The number of thioether (sulfide) groups is 1. The van der Waals surface area contributed by atoms with Crippen molar-refractivity contribution in [2.45, 2.75) is 25.2 Å². The van der Waals surface area contributed by atoms with Gasteiger partial charge in [0.25, 0.3) is 0 Å². The lowest BCUT2D eigenvalue weighted by molar-refractivity contribution is -0.115. The summed E-state index contributed by atoms with van der Waals surface area (Å²) in [6, 6.07) is 14.0. The van der Waals surface area contributed by atoms with Crippen LogP contribution in [0, 0.1) is 12.7 Å². The summed E-state index contributed by atoms with van der Waals surface area (Å²) in [4.78, 5) is 12.1. The van der Waals surface area contributed by atoms with E-state index in [-0.39, 0.29) is 11.6 Å². The Balaban J connectivity index is 1.87. The number of hydrogen-bond acceptors (Lipinski definition) is 3. The van der Waals surface area contributed by atoms with E-state index in [1.54, 1.807) is 26.0 Å². The Morgan fingerprint density at radius 1 is 1.26 bits per heavy atom. The SMILES string of the molecule is Cc1ccc(NC(=O)C(C)SCC(O)c2ccccc2)c(F)c1. The molecule has 0 aromatic heterocycles. The van der Waals surface area contributed by atoms with Gasteiger partial charge in [-0.05, 0) is 37.1 Å². The Kier molecular flexibility index (Phi) is 6.19. The monoisotopic (exact) mass is 333 g/mol. The van der Waals surface area contributed by atoms with Gasteiger partial charge in [-0.15, -0.1) is 11.8 Å². The normalized spacial score (nSPS) is 13.4. The van der Waals surface area contributed by atoms with Crippen molar-refractivity contribution in [2.75, 3.05) is 11.1 Å². The molecule has 0 radical (unpaired) electrons. The van der Waals surface area contributed by atoms with Crippen molar-refractivity contribution in [1.29, 1.82) is 0 Å². The maximum absolute atomic E-state index is 13.7. The standard InChI is InChI=1S/C18H20FNO2S/c1-12-8-9-16(15(19)10-12)20-18(22)13(2)23-11-17(21)14-6-4-3-5-7-14/h3-10,13,17,21H,11H2,1-2H3,(H,20,22). The molecule has 0 aliphatic heterocycles. The zero-order valence-corrected chi connectivity index (χ0v) is 13.9. The Labute approximate surface area is 139 Å². The van der Waals surface area contributed by atoms with Gasteiger partial charge in [0.15, 0.2) is 0 Å². The van der Waals surface area contributed by atoms with Crippen LogP contribution >= 0.6 is 11.8 Å². The van der Waals surface area contributed by atoms with Crippen molar-refractivity contribution in [3.8, 4) is 0 Å². The summed E-state index contributed by atoms with van der Waals surface area (Å²) in [7, 11) is 0. The van der Waals surface area contributed by atoms with Gasteiger partial charge in [0.2, 0.25) is 5.91 Å². The van der Waals surface area contributed by atoms with Crippen molar-refractivity contribution in [2.24, 2.45) is 0 Å². The Hall–Kier alpha value is -1.85. The number of anilines is 1. The minimum atomic E-state index is -0.632. The molecule has 122 valence electrons. The van der Waals surface area contributed by atoms with E-state index in [0.29, 0.717) is 5.75 Å². The number of halogens is 1. The first-order chi connectivity index (χ1) is 11.0. The molecular weight excluding hydrogens is 313 g/mol. The summed E-state index contributed by atoms with van der Waals surface area (Å²) >= 11 is 1.33. The molecule has 2 N–H and O–H groups in total. The molecule has 2 aromatic carbocycles. The highest BCUT2D eigenvalue weighted by atomic mass is 32.2. The quantitative estimate of drug-likeness (QED) is 0.842. The number of hydrogen-bond donors (Lipinski definition) is 2. The third kappa shape index (κ3) is 5.08. The second kappa shape index (κ2) is 8.13. The number of benzene rings is 2. The number of aliphatic hydroxyl groups excluding tert-OH is 1. The smallest absolute Gasteiger partial charge is 0.237 e. The molecule has 2 aromatic rings. The first kappa shape index (κ1) is 17.5. The first-order valence-corrected chi connectivity index (χ1v) is 8.44. The topological polar surface area (TPSA) is 49.3 Å². The fourth-order valence-electron chi connectivity index (χ4n) is 2.04. The zero-order valence-electron chi connectivity index (χ0n) is 13.1. The van der Waals surface area contributed by atoms with Gasteiger partial charge in [-0.1, -0.05) is 36.4 Å². The van der Waals surface area contributed by atoms with Gasteiger partial charge in [0, 0.05) is 5.75 Å². The lowest BCUT2D eigenvalue weighted by Crippen LogP contribution is -2.24. The maximum atomic E-state index is 13.7. The highest BCUT2D eigenvalue weighted by molar-refractivity contribution is 8.00. The van der Waals surface area contributed by atoms with E-state index in [0.717, 1.165) is 11.1 Å². The summed E-state index contributed by atoms with van der Waals surface area (Å²) < 4.78 is 13.7. The van der Waals surface area contributed by atoms with Crippen LogP contribution in [0.25, 0.3) is 0 Å². The highest BCUT2D eigenvalue weighted by Gasteiger charge is 2.17. The minimum Gasteiger partial charge on any atom is -0.388 e. The van der Waals surface area contributed by atoms with Crippen LogP contribution in [0.1, 0.15) is 24.2 Å². The minimum absolute atomic E-state index is 0.177. The zero-order chi connectivity index (χ0) is 16.8. The van der Waals surface area contributed by atoms with Crippen LogP contribution in [0.15, 0.2) is 48.5 Å². The van der Waals surface area contributed by atoms with Gasteiger partial charge in [-0.2, -0.15) is 0 Å². The Morgan fingerprint density at radius 2 is 1.96 bits per heavy atom. The Morgan fingerprint density at radius 3 is 2.61 bits per heavy atom. The second-order valence-electron chi connectivity index (χ2n) is 5.37. The molecule has 0 saturated carbocycles. The van der Waals surface area contributed by atoms with E-state index < -0.39 is 17.2 Å². The summed E-state index contributed by atoms with van der Waals surface area (Å²) in [5, 5.41) is 12.3. The number of carbonyl (C=O) groups excluding carboxylic acids is 1. The molecule has 0 aliphatic carbocycles. The molecule has 0 spiro atoms. The maximum Gasteiger partial charge on any atom is 0.237 e. The number of aryl methyl sites for hydroxylation is 1. The molecular formula is C18H20FNO2S. The van der Waals surface area contributed by atoms with Crippen molar-refractivity contribution in [3.05, 3.63) is 65.5 Å². The van der Waals surface area contributed by atoms with Crippen LogP contribution in [-0.4, -0.2) is 22.0 Å². The van der Waals surface area contributed by atoms with Crippen molar-refractivity contribution >= 4 is 23.4 Å². The van der Waals surface area contributed by atoms with Gasteiger partial charge in [0.05, 0.1) is 17.0 Å². The molecule has 2 rings (SSSR count). The molecule has 0 saturated heterocycles. The van der Waals surface area contributed by atoms with E-state index in [9.17, 15) is 14.3 Å². The number of rotatable bonds is 6. The molecule has 5 heteroatoms. The molecule has 2 atom stereocenters. The van der Waals surface area contributed by atoms with Crippen molar-refractivity contribution < 1.29 is 14.3 Å². The summed E-state index contributed by atoms with van der Waals surface area (Å²) in [5.41, 5.74) is 1.79. The fourth-order valence-corrected chi connectivity index (χ4v) is 2.91. The van der Waals surface area contributed by atoms with Gasteiger partial charge < -0.3 is 10.4 Å². The molecule has 0 heterocycles. The predicted octanol–water partition coefficient (Wildman–Crippen LogP) is 3.93. The van der Waals surface area contributed by atoms with Gasteiger partial charge >= 0.3 is 0 Å². The largest absolute Gasteiger partial charge is 0.388 e. The molecule has 0 aliphatic rings. The molecule has 2 unspecified atom stereocenters. The number of nitrogens with one attached hydrogen (secondary N) is 1. The summed E-state index contributed by atoms with van der Waals surface area (Å²) in [5.74, 6) is -0.326. The van der Waals surface area contributed by atoms with E-state index >= 15 is 0 Å². The average Bonchev–Trinajstić information content (AvgIpc) is 2.55. The Bertz CT molecular complexity index is 663. The van der Waals surface area contributed by atoms with Gasteiger partial charge in [-0.25, -0.2) is 4.39 Å². The molecule has 0 bridgehead atoms. The van der Waals surface area contributed by atoms with Gasteiger partial charge in [0.1, 0.15) is 5.82 Å². The second-order valence-corrected chi connectivity index (χ2v) is 6.75. The lowest BCUT2D eigenvalue weighted by Gasteiger charge is -2.15. The molecule has 3 nitrogen and oxygen atoms in total. The van der Waals surface area contributed by atoms with E-state index in [1.807, 2.05) is 30.3 Å². The molecule has 23 heavy (non-hydrogen) atoms. The van der Waals surface area contributed by atoms with E-state index in [1.165, 1.54) is 17.8 Å². The van der Waals surface area contributed by atoms with Crippen molar-refractivity contribution in [1.82, 2.24) is 0 Å². The number of amides is 1. The van der Waals surface area contributed by atoms with Crippen LogP contribution in [0.2, 0.25) is 0 Å². The fraction of sp³-hybridized carbons (Fsp3) is 0.278. The third-order valence-electron chi connectivity index (χ3n) is 3.44. The van der Waals surface area contributed by atoms with Crippen LogP contribution in [0.4, 0.5) is 10.1 Å². The van der Waals surface area contributed by atoms with Crippen molar-refractivity contribution in [3.63, 3.8) is 0 Å². The lowest BCUT2D eigenvalue weighted by atomic mass is 10.1. The first-order valence-electron chi connectivity index (χ1n) is 7.39. The van der Waals surface area contributed by atoms with Gasteiger partial charge in [-0.3, -0.25) is 4.79 Å². The van der Waals surface area contributed by atoms with Crippen LogP contribution in [0.5, 0.6) is 0 Å². The highest BCUT2D eigenvalue weighted by Crippen LogP contribution is 2.23. The number of carbonyl (C=O) groups is 1. The summed E-state index contributed by atoms with van der Waals surface area (Å²) in [6.45, 7) is 3.53. The molecule has 0 fully saturated rings. The van der Waals surface area contributed by atoms with E-state index in [2.05, 4.69) is 5.32 Å². The van der Waals surface area contributed by atoms with Crippen LogP contribution in [0.3, 0.4) is 0 Å². The van der Waals surface area contributed by atoms with E-state index in [4.69, 9.17) is 0 Å². The molecule has 1 amide bonds.